The van der Waals surface area contributed by atoms with Gasteiger partial charge >= 0.3 is 0 Å². The smallest absolute Gasteiger partial charge is 0.161 e. The highest BCUT2D eigenvalue weighted by Crippen LogP contribution is 2.47. The predicted molar refractivity (Wildman–Crippen MR) is 151 cm³/mol. The topological polar surface area (TPSA) is 79.4 Å². The van der Waals surface area contributed by atoms with Crippen LogP contribution in [0.3, 0.4) is 0 Å². The number of carbonyl (C=O) groups excluding carboxylic acids is 1. The molecule has 0 spiro atoms. The van der Waals surface area contributed by atoms with Crippen molar-refractivity contribution in [2.45, 2.75) is 45.6 Å². The molecule has 0 saturated heterocycles. The predicted octanol–water partition coefficient (Wildman–Crippen LogP) is 7.49. The Bertz CT molecular complexity index is 1530. The first-order valence-electron chi connectivity index (χ1n) is 12.5. The normalized spacial score (nSPS) is 17.4. The van der Waals surface area contributed by atoms with Gasteiger partial charge in [0.25, 0.3) is 0 Å². The SMILES string of the molecule is Cc1cc(C)c(C2C(C#N)=C(N)N(c3ccc(Cl)cc3)C3=C2C(=O)CCC3)cc1COc1ccccc1Cl. The average molecular weight is 544 g/mol. The maximum absolute atomic E-state index is 13.5. The molecule has 7 heteroatoms. The van der Waals surface area contributed by atoms with Crippen molar-refractivity contribution >= 4 is 34.7 Å². The number of Topliss-reactive ketones (excluding diaryl/α,β-unsaturated/α-hetero) is 1. The number of nitriles is 1. The van der Waals surface area contributed by atoms with Gasteiger partial charge in [0.2, 0.25) is 0 Å². The number of ether oxygens (including phenoxy) is 1. The summed E-state index contributed by atoms with van der Waals surface area (Å²) in [6, 6.07) is 21.1. The summed E-state index contributed by atoms with van der Waals surface area (Å²) in [6.45, 7) is 4.33. The molecule has 192 valence electrons. The largest absolute Gasteiger partial charge is 0.487 e. The molecule has 0 radical (unpaired) electrons. The van der Waals surface area contributed by atoms with Crippen molar-refractivity contribution in [1.29, 1.82) is 5.26 Å². The average Bonchev–Trinajstić information content (AvgIpc) is 2.89. The van der Waals surface area contributed by atoms with E-state index in [0.717, 1.165) is 40.1 Å². The van der Waals surface area contributed by atoms with Crippen LogP contribution in [0.5, 0.6) is 5.75 Å². The van der Waals surface area contributed by atoms with Gasteiger partial charge in [0, 0.05) is 28.4 Å². The molecule has 0 bridgehead atoms. The second-order valence-electron chi connectivity index (χ2n) is 9.65. The third-order valence-corrected chi connectivity index (χ3v) is 7.82. The minimum absolute atomic E-state index is 0.0457. The van der Waals surface area contributed by atoms with Crippen molar-refractivity contribution in [3.63, 3.8) is 0 Å². The molecule has 1 unspecified atom stereocenters. The van der Waals surface area contributed by atoms with Crippen LogP contribution < -0.4 is 15.4 Å². The lowest BCUT2D eigenvalue weighted by Crippen LogP contribution is -2.38. The number of halogens is 2. The van der Waals surface area contributed by atoms with E-state index in [9.17, 15) is 10.1 Å². The summed E-state index contributed by atoms with van der Waals surface area (Å²) in [6.07, 6.45) is 1.86. The van der Waals surface area contributed by atoms with Crippen LogP contribution in [0, 0.1) is 25.2 Å². The first kappa shape index (κ1) is 25.9. The summed E-state index contributed by atoms with van der Waals surface area (Å²) in [4.78, 5) is 15.4. The minimum atomic E-state index is -0.550. The standard InChI is InChI=1S/C31H27Cl2N3O2/c1-18-14-19(2)23(15-20(18)17-38-28-9-4-3-6-25(28)33)29-24(16-34)31(35)36(22-12-10-21(32)11-13-22)26-7-5-8-27(37)30(26)29/h3-4,6,9-15,29H,5,7-8,17,35H2,1-2H3. The van der Waals surface area contributed by atoms with Gasteiger partial charge in [-0.3, -0.25) is 9.69 Å². The Morgan fingerprint density at radius 2 is 1.79 bits per heavy atom. The lowest BCUT2D eigenvalue weighted by atomic mass is 9.74. The lowest BCUT2D eigenvalue weighted by Gasteiger charge is -2.40. The zero-order chi connectivity index (χ0) is 27.0. The molecule has 0 amide bonds. The van der Waals surface area contributed by atoms with Gasteiger partial charge in [-0.1, -0.05) is 47.5 Å². The fourth-order valence-electron chi connectivity index (χ4n) is 5.38. The lowest BCUT2D eigenvalue weighted by molar-refractivity contribution is -0.116. The van der Waals surface area contributed by atoms with Gasteiger partial charge in [-0.25, -0.2) is 0 Å². The minimum Gasteiger partial charge on any atom is -0.487 e. The van der Waals surface area contributed by atoms with Gasteiger partial charge in [-0.05, 0) is 85.3 Å². The number of hydrogen-bond acceptors (Lipinski definition) is 5. The van der Waals surface area contributed by atoms with Gasteiger partial charge in [0.1, 0.15) is 18.2 Å². The van der Waals surface area contributed by atoms with E-state index in [4.69, 9.17) is 33.7 Å². The molecular weight excluding hydrogens is 517 g/mol. The number of ketones is 1. The van der Waals surface area contributed by atoms with E-state index >= 15 is 0 Å². The van der Waals surface area contributed by atoms with E-state index in [0.29, 0.717) is 52.2 Å². The van der Waals surface area contributed by atoms with Crippen LogP contribution in [0.2, 0.25) is 10.0 Å². The van der Waals surface area contributed by atoms with Crippen LogP contribution in [0.25, 0.3) is 0 Å². The van der Waals surface area contributed by atoms with Crippen LogP contribution in [0.1, 0.15) is 47.4 Å². The van der Waals surface area contributed by atoms with E-state index in [1.165, 1.54) is 0 Å². The number of carbonyl (C=O) groups is 1. The van der Waals surface area contributed by atoms with Crippen molar-refractivity contribution in [2.24, 2.45) is 5.73 Å². The number of nitrogens with zero attached hydrogens (tertiary/aromatic N) is 2. The number of nitrogens with two attached hydrogens (primary N) is 1. The molecule has 2 N–H and O–H groups in total. The third-order valence-electron chi connectivity index (χ3n) is 7.25. The number of para-hydroxylation sites is 1. The molecule has 5 rings (SSSR count). The molecule has 1 aliphatic heterocycles. The van der Waals surface area contributed by atoms with Crippen molar-refractivity contribution in [3.8, 4) is 11.8 Å². The maximum atomic E-state index is 13.5. The Kier molecular flexibility index (Phi) is 7.21. The van der Waals surface area contributed by atoms with E-state index < -0.39 is 5.92 Å². The van der Waals surface area contributed by atoms with Gasteiger partial charge in [-0.2, -0.15) is 5.26 Å². The van der Waals surface area contributed by atoms with Gasteiger partial charge in [0.05, 0.1) is 22.6 Å². The molecule has 2 aliphatic rings. The van der Waals surface area contributed by atoms with E-state index in [1.807, 2.05) is 55.1 Å². The number of benzene rings is 3. The Morgan fingerprint density at radius 1 is 1.05 bits per heavy atom. The molecule has 1 atom stereocenters. The number of aryl methyl sites for hydroxylation is 2. The van der Waals surface area contributed by atoms with Crippen molar-refractivity contribution in [1.82, 2.24) is 0 Å². The molecule has 38 heavy (non-hydrogen) atoms. The second-order valence-corrected chi connectivity index (χ2v) is 10.5. The molecule has 3 aromatic rings. The highest BCUT2D eigenvalue weighted by Gasteiger charge is 2.41. The number of allylic oxidation sites excluding steroid dienone is 3. The monoisotopic (exact) mass is 543 g/mol. The molecule has 0 fully saturated rings. The summed E-state index contributed by atoms with van der Waals surface area (Å²) in [7, 11) is 0. The Labute approximate surface area is 232 Å². The van der Waals surface area contributed by atoms with Crippen LogP contribution in [0.15, 0.2) is 83.3 Å². The third kappa shape index (κ3) is 4.67. The van der Waals surface area contributed by atoms with Crippen LogP contribution in [-0.4, -0.2) is 5.78 Å². The molecule has 3 aromatic carbocycles. The molecule has 0 saturated carbocycles. The quantitative estimate of drug-likeness (QED) is 0.360. The Morgan fingerprint density at radius 3 is 2.50 bits per heavy atom. The summed E-state index contributed by atoms with van der Waals surface area (Å²) in [5, 5.41) is 11.5. The van der Waals surface area contributed by atoms with Crippen LogP contribution in [-0.2, 0) is 11.4 Å². The van der Waals surface area contributed by atoms with Gasteiger partial charge in [-0.15, -0.1) is 0 Å². The fraction of sp³-hybridized carbons (Fsp3) is 0.226. The molecule has 0 aromatic heterocycles. The summed E-state index contributed by atoms with van der Waals surface area (Å²) in [5.74, 6) is 0.429. The van der Waals surface area contributed by atoms with Crippen molar-refractivity contribution < 1.29 is 9.53 Å². The summed E-state index contributed by atoms with van der Waals surface area (Å²) >= 11 is 12.4. The molecule has 1 heterocycles. The fourth-order valence-corrected chi connectivity index (χ4v) is 5.70. The maximum Gasteiger partial charge on any atom is 0.161 e. The Hall–Kier alpha value is -3.72. The van der Waals surface area contributed by atoms with Crippen molar-refractivity contribution in [3.05, 3.63) is 116 Å². The van der Waals surface area contributed by atoms with E-state index in [-0.39, 0.29) is 5.78 Å². The highest BCUT2D eigenvalue weighted by atomic mass is 35.5. The zero-order valence-corrected chi connectivity index (χ0v) is 22.7. The van der Waals surface area contributed by atoms with E-state index in [1.54, 1.807) is 18.2 Å². The zero-order valence-electron chi connectivity index (χ0n) is 21.2. The molecule has 5 nitrogen and oxygen atoms in total. The number of hydrogen-bond donors (Lipinski definition) is 1. The second kappa shape index (κ2) is 10.6. The number of rotatable bonds is 5. The molecular formula is C31H27Cl2N3O2. The summed E-state index contributed by atoms with van der Waals surface area (Å²) in [5.41, 5.74) is 13.2. The van der Waals surface area contributed by atoms with Gasteiger partial charge < -0.3 is 10.5 Å². The number of anilines is 1. The Balaban J connectivity index is 1.63. The van der Waals surface area contributed by atoms with Crippen LogP contribution in [0.4, 0.5) is 5.69 Å². The van der Waals surface area contributed by atoms with Crippen molar-refractivity contribution in [2.75, 3.05) is 4.90 Å². The molecule has 1 aliphatic carbocycles. The van der Waals surface area contributed by atoms with E-state index in [2.05, 4.69) is 12.1 Å². The highest BCUT2D eigenvalue weighted by molar-refractivity contribution is 6.32. The van der Waals surface area contributed by atoms with Crippen LogP contribution >= 0.6 is 23.2 Å². The first-order chi connectivity index (χ1) is 18.3. The first-order valence-corrected chi connectivity index (χ1v) is 13.2. The van der Waals surface area contributed by atoms with Gasteiger partial charge in [0.15, 0.2) is 5.78 Å². The summed E-state index contributed by atoms with van der Waals surface area (Å²) < 4.78 is 6.04.